The summed E-state index contributed by atoms with van der Waals surface area (Å²) in [5.41, 5.74) is 17.1. The van der Waals surface area contributed by atoms with Crippen LogP contribution in [0, 0.1) is 0 Å². The van der Waals surface area contributed by atoms with E-state index < -0.39 is 0 Å². The van der Waals surface area contributed by atoms with Crippen molar-refractivity contribution in [2.75, 3.05) is 21.7 Å². The summed E-state index contributed by atoms with van der Waals surface area (Å²) >= 11 is 0. The zero-order valence-corrected chi connectivity index (χ0v) is 29.0. The Bertz CT molecular complexity index is 2370. The summed E-state index contributed by atoms with van der Waals surface area (Å²) in [4.78, 5) is 4.84. The van der Waals surface area contributed by atoms with Crippen LogP contribution in [-0.2, 0) is 0 Å². The maximum absolute atomic E-state index is 3.56. The number of rotatable bonds is 7. The van der Waals surface area contributed by atoms with Crippen LogP contribution in [0.15, 0.2) is 217 Å². The minimum atomic E-state index is 0.830. The highest BCUT2D eigenvalue weighted by Crippen LogP contribution is 2.47. The molecular formula is C49H39N3. The minimum Gasteiger partial charge on any atom is -0.359 e. The van der Waals surface area contributed by atoms with Crippen molar-refractivity contribution in [3.8, 4) is 11.1 Å². The Morgan fingerprint density at radius 2 is 1.27 bits per heavy atom. The van der Waals surface area contributed by atoms with E-state index in [-0.39, 0.29) is 0 Å². The number of allylic oxidation sites excluding steroid dienone is 13. The van der Waals surface area contributed by atoms with Gasteiger partial charge in [-0.15, -0.1) is 0 Å². The standard InChI is InChI=1S/C49H39N3/c1-2-6-16-40(15-5-1)50-41-26-22-37(23-27-41)38-24-28-44(29-25-38)52(43-19-9-4-10-20-43)45-30-32-49-47(34-45)46-31-21-36-13-11-12-14-39(33-36)48(46)35-51(49)42-17-7-3-8-18-42/h1-15,17-32,34,50H,16,33,35H2. The monoisotopic (exact) mass is 669 g/mol. The maximum atomic E-state index is 3.56. The van der Waals surface area contributed by atoms with Crippen molar-refractivity contribution in [2.24, 2.45) is 0 Å². The molecule has 0 atom stereocenters. The molecule has 1 N–H and O–H groups in total. The molecule has 250 valence electrons. The average molecular weight is 670 g/mol. The third kappa shape index (κ3) is 6.29. The number of anilines is 6. The molecule has 9 rings (SSSR count). The third-order valence-electron chi connectivity index (χ3n) is 10.2. The highest BCUT2D eigenvalue weighted by atomic mass is 15.2. The first-order valence-corrected chi connectivity index (χ1v) is 18.1. The molecule has 3 heteroatoms. The van der Waals surface area contributed by atoms with Gasteiger partial charge in [0.2, 0.25) is 0 Å². The van der Waals surface area contributed by atoms with Crippen molar-refractivity contribution in [1.29, 1.82) is 0 Å². The lowest BCUT2D eigenvalue weighted by Gasteiger charge is -2.36. The van der Waals surface area contributed by atoms with Gasteiger partial charge in [0.05, 0.1) is 0 Å². The van der Waals surface area contributed by atoms with Crippen LogP contribution >= 0.6 is 0 Å². The molecule has 3 nitrogen and oxygen atoms in total. The second-order valence-corrected chi connectivity index (χ2v) is 13.5. The lowest BCUT2D eigenvalue weighted by molar-refractivity contribution is 1.00. The summed E-state index contributed by atoms with van der Waals surface area (Å²) in [7, 11) is 0. The van der Waals surface area contributed by atoms with Crippen molar-refractivity contribution in [3.05, 3.63) is 222 Å². The quantitative estimate of drug-likeness (QED) is 0.186. The van der Waals surface area contributed by atoms with Crippen molar-refractivity contribution in [1.82, 2.24) is 0 Å². The number of nitrogens with zero attached hydrogens (tertiary/aromatic N) is 2. The van der Waals surface area contributed by atoms with Crippen LogP contribution in [0.2, 0.25) is 0 Å². The van der Waals surface area contributed by atoms with E-state index in [2.05, 4.69) is 209 Å². The van der Waals surface area contributed by atoms with E-state index in [1.807, 2.05) is 0 Å². The highest BCUT2D eigenvalue weighted by Gasteiger charge is 2.29. The molecule has 0 spiro atoms. The molecule has 52 heavy (non-hydrogen) atoms. The molecule has 0 saturated carbocycles. The van der Waals surface area contributed by atoms with Gasteiger partial charge in [-0.3, -0.25) is 0 Å². The van der Waals surface area contributed by atoms with Crippen LogP contribution in [0.3, 0.4) is 0 Å². The molecule has 4 aliphatic rings. The molecule has 0 aromatic heterocycles. The van der Waals surface area contributed by atoms with Crippen LogP contribution in [0.25, 0.3) is 16.7 Å². The topological polar surface area (TPSA) is 18.5 Å². The van der Waals surface area contributed by atoms with Gasteiger partial charge in [0.1, 0.15) is 0 Å². The summed E-state index contributed by atoms with van der Waals surface area (Å²) in [5.74, 6) is 0. The van der Waals surface area contributed by atoms with E-state index in [1.54, 1.807) is 0 Å². The maximum Gasteiger partial charge on any atom is 0.0495 e. The molecule has 3 aliphatic carbocycles. The van der Waals surface area contributed by atoms with Gasteiger partial charge in [-0.1, -0.05) is 121 Å². The average Bonchev–Trinajstić information content (AvgIpc) is 3.68. The number of nitrogens with one attached hydrogen (secondary N) is 1. The van der Waals surface area contributed by atoms with Gasteiger partial charge in [0.25, 0.3) is 0 Å². The highest BCUT2D eigenvalue weighted by molar-refractivity contribution is 5.95. The first-order chi connectivity index (χ1) is 25.8. The number of hydrogen-bond donors (Lipinski definition) is 1. The van der Waals surface area contributed by atoms with E-state index >= 15 is 0 Å². The number of hydrogen-bond acceptors (Lipinski definition) is 3. The molecule has 5 aromatic carbocycles. The van der Waals surface area contributed by atoms with Crippen LogP contribution < -0.4 is 15.1 Å². The first-order valence-electron chi connectivity index (χ1n) is 18.1. The van der Waals surface area contributed by atoms with Gasteiger partial charge in [-0.05, 0) is 113 Å². The number of para-hydroxylation sites is 2. The lowest BCUT2D eigenvalue weighted by atomic mass is 9.88. The Morgan fingerprint density at radius 1 is 0.577 bits per heavy atom. The molecule has 0 saturated heterocycles. The van der Waals surface area contributed by atoms with E-state index in [0.29, 0.717) is 0 Å². The fraction of sp³-hybridized carbons (Fsp3) is 0.0612. The summed E-state index contributed by atoms with van der Waals surface area (Å²) < 4.78 is 0. The van der Waals surface area contributed by atoms with Gasteiger partial charge in [-0.2, -0.15) is 0 Å². The zero-order valence-electron chi connectivity index (χ0n) is 29.0. The van der Waals surface area contributed by atoms with Crippen molar-refractivity contribution >= 4 is 39.7 Å². The fourth-order valence-corrected chi connectivity index (χ4v) is 7.54. The minimum absolute atomic E-state index is 0.830. The predicted octanol–water partition coefficient (Wildman–Crippen LogP) is 12.9. The molecule has 1 heterocycles. The molecular weight excluding hydrogens is 631 g/mol. The van der Waals surface area contributed by atoms with Gasteiger partial charge >= 0.3 is 0 Å². The Morgan fingerprint density at radius 3 is 2.08 bits per heavy atom. The van der Waals surface area contributed by atoms with Gasteiger partial charge in [0.15, 0.2) is 0 Å². The summed E-state index contributed by atoms with van der Waals surface area (Å²) in [6.07, 6.45) is 25.9. The SMILES string of the molecule is C1=CC=C(Nc2ccc(-c3ccc(N(c4ccccc4)c4ccc5c(c4)C4=C(CN5c5ccccc5)C5=CC=CC=C(C=C4)C5)cc3)cc2)CC=C1. The summed E-state index contributed by atoms with van der Waals surface area (Å²) in [6.45, 7) is 0.830. The molecule has 0 amide bonds. The summed E-state index contributed by atoms with van der Waals surface area (Å²) in [6, 6.07) is 46.1. The number of fused-ring (bicyclic) bond motifs is 5. The normalized spacial score (nSPS) is 15.8. The molecule has 1 aliphatic heterocycles. The van der Waals surface area contributed by atoms with Crippen LogP contribution in [0.1, 0.15) is 18.4 Å². The smallest absolute Gasteiger partial charge is 0.0495 e. The van der Waals surface area contributed by atoms with E-state index in [0.717, 1.165) is 42.1 Å². The fourth-order valence-electron chi connectivity index (χ4n) is 7.54. The van der Waals surface area contributed by atoms with E-state index in [1.165, 1.54) is 56.1 Å². The van der Waals surface area contributed by atoms with Crippen molar-refractivity contribution in [2.45, 2.75) is 12.8 Å². The van der Waals surface area contributed by atoms with E-state index in [4.69, 9.17) is 0 Å². The van der Waals surface area contributed by atoms with Crippen LogP contribution in [0.5, 0.6) is 0 Å². The van der Waals surface area contributed by atoms with Gasteiger partial charge in [0, 0.05) is 58.4 Å². The van der Waals surface area contributed by atoms with E-state index in [9.17, 15) is 0 Å². The van der Waals surface area contributed by atoms with Crippen molar-refractivity contribution in [3.63, 3.8) is 0 Å². The Balaban J connectivity index is 1.09. The molecule has 0 radical (unpaired) electrons. The second-order valence-electron chi connectivity index (χ2n) is 13.5. The number of benzene rings is 5. The Kier molecular flexibility index (Phi) is 8.44. The Labute approximate surface area is 306 Å². The summed E-state index contributed by atoms with van der Waals surface area (Å²) in [5, 5.41) is 3.56. The predicted molar refractivity (Wildman–Crippen MR) is 221 cm³/mol. The van der Waals surface area contributed by atoms with Gasteiger partial charge in [-0.25, -0.2) is 0 Å². The van der Waals surface area contributed by atoms with Crippen LogP contribution in [0.4, 0.5) is 34.1 Å². The third-order valence-corrected chi connectivity index (χ3v) is 10.2. The molecule has 5 aromatic rings. The largest absolute Gasteiger partial charge is 0.359 e. The zero-order chi connectivity index (χ0) is 34.7. The molecule has 2 bridgehead atoms. The first kappa shape index (κ1) is 31.4. The van der Waals surface area contributed by atoms with Crippen LogP contribution in [-0.4, -0.2) is 6.54 Å². The second kappa shape index (κ2) is 14.0. The molecule has 0 unspecified atom stereocenters. The lowest BCUT2D eigenvalue weighted by Crippen LogP contribution is -2.26. The Hall–Kier alpha value is -6.58. The molecule has 0 fully saturated rings. The van der Waals surface area contributed by atoms with Gasteiger partial charge < -0.3 is 15.1 Å². The van der Waals surface area contributed by atoms with Crippen molar-refractivity contribution < 1.29 is 0 Å².